The summed E-state index contributed by atoms with van der Waals surface area (Å²) in [5, 5.41) is 0. The number of rotatable bonds is 8. The Balaban J connectivity index is 1.50. The average Bonchev–Trinajstić information content (AvgIpc) is 3.13. The van der Waals surface area contributed by atoms with E-state index in [1.807, 2.05) is 54.6 Å². The number of aryl methyl sites for hydroxylation is 1. The minimum atomic E-state index is 0.713. The van der Waals surface area contributed by atoms with Crippen LogP contribution >= 0.6 is 0 Å². The van der Waals surface area contributed by atoms with Crippen LogP contribution in [0.4, 0.5) is 0 Å². The van der Waals surface area contributed by atoms with E-state index >= 15 is 0 Å². The number of unbranched alkanes of at least 4 members (excludes halogenated alkanes) is 1. The number of nitrogens with zero attached hydrogens (tertiary/aromatic N) is 2. The van der Waals surface area contributed by atoms with Crippen molar-refractivity contribution in [3.05, 3.63) is 78.9 Å². The van der Waals surface area contributed by atoms with Crippen LogP contribution in [0, 0.1) is 0 Å². The summed E-state index contributed by atoms with van der Waals surface area (Å²) >= 11 is 0. The first-order valence-corrected chi connectivity index (χ1v) is 9.63. The molecule has 1 heterocycles. The van der Waals surface area contributed by atoms with E-state index in [-0.39, 0.29) is 0 Å². The van der Waals surface area contributed by atoms with Gasteiger partial charge in [-0.25, -0.2) is 4.98 Å². The number of hydrogen-bond donors (Lipinski definition) is 0. The number of aromatic nitrogens is 2. The Morgan fingerprint density at radius 3 is 2.46 bits per heavy atom. The third kappa shape index (κ3) is 4.01. The van der Waals surface area contributed by atoms with Crippen molar-refractivity contribution in [2.24, 2.45) is 0 Å². The Bertz CT molecular complexity index is 1040. The number of ether oxygens (including phenoxy) is 2. The topological polar surface area (TPSA) is 36.3 Å². The van der Waals surface area contributed by atoms with Crippen LogP contribution in [0.5, 0.6) is 11.5 Å². The molecule has 0 aliphatic rings. The molecule has 0 aliphatic heterocycles. The van der Waals surface area contributed by atoms with Gasteiger partial charge in [0.1, 0.15) is 17.3 Å². The molecule has 4 rings (SSSR count). The number of benzene rings is 3. The Hall–Kier alpha value is -3.27. The van der Waals surface area contributed by atoms with Gasteiger partial charge in [0.2, 0.25) is 0 Å². The fourth-order valence-corrected chi connectivity index (χ4v) is 3.36. The molecule has 0 fully saturated rings. The largest absolute Gasteiger partial charge is 0.497 e. The van der Waals surface area contributed by atoms with Crippen LogP contribution in [0.25, 0.3) is 22.4 Å². The van der Waals surface area contributed by atoms with Crippen molar-refractivity contribution in [3.8, 4) is 22.9 Å². The lowest BCUT2D eigenvalue weighted by atomic mass is 10.2. The van der Waals surface area contributed by atoms with Gasteiger partial charge in [0, 0.05) is 12.1 Å². The van der Waals surface area contributed by atoms with Crippen LogP contribution in [0.3, 0.4) is 0 Å². The summed E-state index contributed by atoms with van der Waals surface area (Å²) in [5.41, 5.74) is 3.24. The molecule has 0 atom stereocenters. The Kier molecular flexibility index (Phi) is 5.57. The van der Waals surface area contributed by atoms with Gasteiger partial charge in [-0.2, -0.15) is 0 Å². The molecule has 0 bridgehead atoms. The highest BCUT2D eigenvalue weighted by Gasteiger charge is 2.12. The van der Waals surface area contributed by atoms with E-state index in [1.54, 1.807) is 7.11 Å². The standard InChI is InChI=1S/C24H24N2O2/c1-27-21-13-9-10-19(18-21)24-25-22-14-5-6-15-23(22)26(24)16-7-8-17-28-20-11-3-2-4-12-20/h2-6,9-15,18H,7-8,16-17H2,1H3. The summed E-state index contributed by atoms with van der Waals surface area (Å²) in [5.74, 6) is 2.74. The van der Waals surface area contributed by atoms with Gasteiger partial charge in [0.25, 0.3) is 0 Å². The second kappa shape index (κ2) is 8.61. The number of methoxy groups -OCH3 is 1. The van der Waals surface area contributed by atoms with E-state index in [2.05, 4.69) is 28.8 Å². The summed E-state index contributed by atoms with van der Waals surface area (Å²) in [6.07, 6.45) is 2.00. The van der Waals surface area contributed by atoms with Crippen LogP contribution in [0.15, 0.2) is 78.9 Å². The number of imidazole rings is 1. The molecule has 4 heteroatoms. The fraction of sp³-hybridized carbons (Fsp3) is 0.208. The molecule has 0 radical (unpaired) electrons. The minimum Gasteiger partial charge on any atom is -0.497 e. The molecular weight excluding hydrogens is 348 g/mol. The molecule has 1 aromatic heterocycles. The predicted molar refractivity (Wildman–Crippen MR) is 113 cm³/mol. The molecule has 142 valence electrons. The van der Waals surface area contributed by atoms with Crippen molar-refractivity contribution in [2.45, 2.75) is 19.4 Å². The zero-order chi connectivity index (χ0) is 19.2. The van der Waals surface area contributed by atoms with E-state index in [9.17, 15) is 0 Å². The lowest BCUT2D eigenvalue weighted by Crippen LogP contribution is -2.04. The molecule has 0 unspecified atom stereocenters. The molecule has 0 saturated heterocycles. The van der Waals surface area contributed by atoms with Gasteiger partial charge in [-0.3, -0.25) is 0 Å². The average molecular weight is 372 g/mol. The maximum Gasteiger partial charge on any atom is 0.141 e. The molecule has 3 aromatic carbocycles. The van der Waals surface area contributed by atoms with Crippen molar-refractivity contribution < 1.29 is 9.47 Å². The van der Waals surface area contributed by atoms with Gasteiger partial charge in [-0.1, -0.05) is 42.5 Å². The summed E-state index contributed by atoms with van der Waals surface area (Å²) < 4.78 is 13.5. The van der Waals surface area contributed by atoms with Gasteiger partial charge in [-0.15, -0.1) is 0 Å². The molecule has 0 spiro atoms. The molecule has 0 aliphatic carbocycles. The second-order valence-electron chi connectivity index (χ2n) is 6.68. The Morgan fingerprint density at radius 1 is 0.821 bits per heavy atom. The molecule has 28 heavy (non-hydrogen) atoms. The van der Waals surface area contributed by atoms with Gasteiger partial charge in [-0.05, 0) is 49.2 Å². The SMILES string of the molecule is COc1cccc(-c2nc3ccccc3n2CCCCOc2ccccc2)c1. The van der Waals surface area contributed by atoms with Gasteiger partial charge in [0.15, 0.2) is 0 Å². The monoisotopic (exact) mass is 372 g/mol. The first-order valence-electron chi connectivity index (χ1n) is 9.63. The molecular formula is C24H24N2O2. The van der Waals surface area contributed by atoms with Crippen LogP contribution in [0.2, 0.25) is 0 Å². The van der Waals surface area contributed by atoms with E-state index in [1.165, 1.54) is 0 Å². The van der Waals surface area contributed by atoms with E-state index in [0.29, 0.717) is 6.61 Å². The lowest BCUT2D eigenvalue weighted by Gasteiger charge is -2.11. The highest BCUT2D eigenvalue weighted by atomic mass is 16.5. The lowest BCUT2D eigenvalue weighted by molar-refractivity contribution is 0.303. The highest BCUT2D eigenvalue weighted by molar-refractivity contribution is 5.80. The van der Waals surface area contributed by atoms with Gasteiger partial charge < -0.3 is 14.0 Å². The van der Waals surface area contributed by atoms with E-state index < -0.39 is 0 Å². The van der Waals surface area contributed by atoms with Crippen molar-refractivity contribution in [1.29, 1.82) is 0 Å². The van der Waals surface area contributed by atoms with Crippen LogP contribution in [0.1, 0.15) is 12.8 Å². The zero-order valence-electron chi connectivity index (χ0n) is 16.0. The maximum atomic E-state index is 5.82. The number of para-hydroxylation sites is 3. The predicted octanol–water partition coefficient (Wildman–Crippen LogP) is 5.57. The Morgan fingerprint density at radius 2 is 1.61 bits per heavy atom. The zero-order valence-corrected chi connectivity index (χ0v) is 16.0. The van der Waals surface area contributed by atoms with Crippen molar-refractivity contribution in [2.75, 3.05) is 13.7 Å². The fourth-order valence-electron chi connectivity index (χ4n) is 3.36. The highest BCUT2D eigenvalue weighted by Crippen LogP contribution is 2.27. The van der Waals surface area contributed by atoms with Crippen molar-refractivity contribution >= 4 is 11.0 Å². The summed E-state index contributed by atoms with van der Waals surface area (Å²) in [7, 11) is 1.69. The second-order valence-corrected chi connectivity index (χ2v) is 6.68. The van der Waals surface area contributed by atoms with Crippen LogP contribution in [-0.2, 0) is 6.54 Å². The summed E-state index contributed by atoms with van der Waals surface area (Å²) in [6, 6.07) is 26.3. The molecule has 4 nitrogen and oxygen atoms in total. The van der Waals surface area contributed by atoms with Crippen molar-refractivity contribution in [3.63, 3.8) is 0 Å². The Labute approximate surface area is 165 Å². The maximum absolute atomic E-state index is 5.82. The quantitative estimate of drug-likeness (QED) is 0.379. The first-order chi connectivity index (χ1) is 13.8. The van der Waals surface area contributed by atoms with E-state index in [0.717, 1.165) is 53.3 Å². The van der Waals surface area contributed by atoms with Crippen molar-refractivity contribution in [1.82, 2.24) is 9.55 Å². The molecule has 4 aromatic rings. The van der Waals surface area contributed by atoms with Gasteiger partial charge in [0.05, 0.1) is 24.8 Å². The normalized spacial score (nSPS) is 10.9. The smallest absolute Gasteiger partial charge is 0.141 e. The summed E-state index contributed by atoms with van der Waals surface area (Å²) in [6.45, 7) is 1.61. The number of hydrogen-bond acceptors (Lipinski definition) is 3. The molecule has 0 N–H and O–H groups in total. The third-order valence-corrected chi connectivity index (χ3v) is 4.77. The van der Waals surface area contributed by atoms with Crippen LogP contribution < -0.4 is 9.47 Å². The molecule has 0 amide bonds. The number of fused-ring (bicyclic) bond motifs is 1. The summed E-state index contributed by atoms with van der Waals surface area (Å²) in [4.78, 5) is 4.88. The van der Waals surface area contributed by atoms with E-state index in [4.69, 9.17) is 14.5 Å². The molecule has 0 saturated carbocycles. The van der Waals surface area contributed by atoms with Crippen LogP contribution in [-0.4, -0.2) is 23.3 Å². The van der Waals surface area contributed by atoms with Gasteiger partial charge >= 0.3 is 0 Å². The third-order valence-electron chi connectivity index (χ3n) is 4.77. The first kappa shape index (κ1) is 18.1. The minimum absolute atomic E-state index is 0.713.